The van der Waals surface area contributed by atoms with Crippen molar-refractivity contribution in [2.75, 3.05) is 6.54 Å². The van der Waals surface area contributed by atoms with E-state index in [2.05, 4.69) is 44.3 Å². The predicted molar refractivity (Wildman–Crippen MR) is 89.9 cm³/mol. The van der Waals surface area contributed by atoms with Crippen molar-refractivity contribution in [3.05, 3.63) is 40.6 Å². The molecule has 1 N–H and O–H groups in total. The summed E-state index contributed by atoms with van der Waals surface area (Å²) in [4.78, 5) is 5.04. The molecule has 0 saturated heterocycles. The molecule has 2 nitrogen and oxygen atoms in total. The number of aryl methyl sites for hydroxylation is 1. The fraction of sp³-hybridized carbons (Fsp3) is 0.526. The molecule has 0 bridgehead atoms. The van der Waals surface area contributed by atoms with E-state index >= 15 is 0 Å². The van der Waals surface area contributed by atoms with Crippen LogP contribution in [0.3, 0.4) is 0 Å². The van der Waals surface area contributed by atoms with Crippen LogP contribution in [0.25, 0.3) is 10.9 Å². The van der Waals surface area contributed by atoms with Gasteiger partial charge in [-0.1, -0.05) is 39.0 Å². The summed E-state index contributed by atoms with van der Waals surface area (Å²) in [5, 5.41) is 4.96. The van der Waals surface area contributed by atoms with Crippen LogP contribution in [-0.2, 0) is 19.4 Å². The lowest BCUT2D eigenvalue weighted by atomic mass is 9.94. The monoisotopic (exact) mass is 282 g/mol. The molecule has 0 aliphatic heterocycles. The molecule has 0 unspecified atom stereocenters. The Kier molecular flexibility index (Phi) is 4.25. The first-order valence-electron chi connectivity index (χ1n) is 8.36. The minimum Gasteiger partial charge on any atom is -0.313 e. The second-order valence-electron chi connectivity index (χ2n) is 6.44. The van der Waals surface area contributed by atoms with Crippen molar-refractivity contribution >= 4 is 10.9 Å². The van der Waals surface area contributed by atoms with Gasteiger partial charge in [-0.05, 0) is 54.8 Å². The maximum absolute atomic E-state index is 5.04. The third-order valence-electron chi connectivity index (χ3n) is 4.54. The summed E-state index contributed by atoms with van der Waals surface area (Å²) in [6, 6.07) is 6.70. The first kappa shape index (κ1) is 14.5. The van der Waals surface area contributed by atoms with Crippen LogP contribution < -0.4 is 5.32 Å². The van der Waals surface area contributed by atoms with Crippen LogP contribution in [0, 0.1) is 0 Å². The van der Waals surface area contributed by atoms with Crippen molar-refractivity contribution in [3.63, 3.8) is 0 Å². The number of hydrogen-bond donors (Lipinski definition) is 1. The molecule has 2 heteroatoms. The maximum Gasteiger partial charge on any atom is 0.0743 e. The Morgan fingerprint density at radius 2 is 2.10 bits per heavy atom. The smallest absolute Gasteiger partial charge is 0.0743 e. The van der Waals surface area contributed by atoms with E-state index in [4.69, 9.17) is 4.98 Å². The van der Waals surface area contributed by atoms with E-state index in [1.54, 1.807) is 0 Å². The number of fused-ring (bicyclic) bond motifs is 2. The van der Waals surface area contributed by atoms with Gasteiger partial charge >= 0.3 is 0 Å². The molecule has 112 valence electrons. The number of para-hydroxylation sites is 1. The van der Waals surface area contributed by atoms with Gasteiger partial charge in [-0.25, -0.2) is 0 Å². The molecule has 21 heavy (non-hydrogen) atoms. The molecule has 0 radical (unpaired) electrons. The highest BCUT2D eigenvalue weighted by Gasteiger charge is 2.20. The molecule has 0 spiro atoms. The van der Waals surface area contributed by atoms with E-state index in [9.17, 15) is 0 Å². The quantitative estimate of drug-likeness (QED) is 0.825. The lowest BCUT2D eigenvalue weighted by Crippen LogP contribution is -2.16. The molecule has 0 saturated carbocycles. The van der Waals surface area contributed by atoms with Gasteiger partial charge in [0.25, 0.3) is 0 Å². The number of nitrogens with zero attached hydrogens (tertiary/aromatic N) is 1. The van der Waals surface area contributed by atoms with Gasteiger partial charge in [0, 0.05) is 17.6 Å². The molecule has 0 amide bonds. The van der Waals surface area contributed by atoms with Crippen molar-refractivity contribution in [2.45, 2.75) is 58.9 Å². The van der Waals surface area contributed by atoms with Crippen molar-refractivity contribution in [1.29, 1.82) is 0 Å². The first-order valence-corrected chi connectivity index (χ1v) is 8.36. The van der Waals surface area contributed by atoms with E-state index in [1.807, 2.05) is 0 Å². The largest absolute Gasteiger partial charge is 0.313 e. The van der Waals surface area contributed by atoms with Gasteiger partial charge in [0.1, 0.15) is 0 Å². The summed E-state index contributed by atoms with van der Waals surface area (Å²) in [5.74, 6) is 0.525. The molecule has 1 heterocycles. The lowest BCUT2D eigenvalue weighted by Gasteiger charge is -2.16. The first-order chi connectivity index (χ1) is 10.2. The highest BCUT2D eigenvalue weighted by Crippen LogP contribution is 2.33. The van der Waals surface area contributed by atoms with Crippen LogP contribution in [-0.4, -0.2) is 11.5 Å². The second-order valence-corrected chi connectivity index (χ2v) is 6.44. The molecule has 2 aromatic rings. The Labute approximate surface area is 128 Å². The van der Waals surface area contributed by atoms with Crippen LogP contribution in [0.4, 0.5) is 0 Å². The summed E-state index contributed by atoms with van der Waals surface area (Å²) < 4.78 is 0. The third-order valence-corrected chi connectivity index (χ3v) is 4.54. The Morgan fingerprint density at radius 3 is 2.86 bits per heavy atom. The molecule has 1 aliphatic carbocycles. The second kappa shape index (κ2) is 6.15. The van der Waals surface area contributed by atoms with Gasteiger partial charge in [-0.3, -0.25) is 4.98 Å². The topological polar surface area (TPSA) is 24.9 Å². The fourth-order valence-electron chi connectivity index (χ4n) is 3.46. The number of hydrogen-bond acceptors (Lipinski definition) is 2. The minimum absolute atomic E-state index is 0.525. The SMILES string of the molecule is CCCNCc1c2c(nc3c(C(C)C)cccc13)CCC2. The molecule has 1 aromatic carbocycles. The molecule has 1 aromatic heterocycles. The molecular weight excluding hydrogens is 256 g/mol. The number of nitrogens with one attached hydrogen (secondary N) is 1. The highest BCUT2D eigenvalue weighted by atomic mass is 14.8. The molecule has 0 atom stereocenters. The highest BCUT2D eigenvalue weighted by molar-refractivity contribution is 5.87. The minimum atomic E-state index is 0.525. The van der Waals surface area contributed by atoms with Gasteiger partial charge < -0.3 is 5.32 Å². The zero-order valence-corrected chi connectivity index (χ0v) is 13.5. The summed E-state index contributed by atoms with van der Waals surface area (Å²) in [6.07, 6.45) is 4.80. The van der Waals surface area contributed by atoms with Crippen LogP contribution in [0.2, 0.25) is 0 Å². The summed E-state index contributed by atoms with van der Waals surface area (Å²) in [5.41, 5.74) is 7.00. The normalized spacial score (nSPS) is 14.1. The predicted octanol–water partition coefficient (Wildman–Crippen LogP) is 4.35. The number of aromatic nitrogens is 1. The van der Waals surface area contributed by atoms with E-state index < -0.39 is 0 Å². The van der Waals surface area contributed by atoms with Crippen LogP contribution >= 0.6 is 0 Å². The number of benzene rings is 1. The van der Waals surface area contributed by atoms with Gasteiger partial charge in [0.05, 0.1) is 5.52 Å². The Hall–Kier alpha value is -1.41. The van der Waals surface area contributed by atoms with Crippen molar-refractivity contribution in [1.82, 2.24) is 10.3 Å². The van der Waals surface area contributed by atoms with Gasteiger partial charge in [0.2, 0.25) is 0 Å². The molecule has 0 fully saturated rings. The Bertz CT molecular complexity index is 644. The van der Waals surface area contributed by atoms with Gasteiger partial charge in [0.15, 0.2) is 0 Å². The van der Waals surface area contributed by atoms with E-state index in [-0.39, 0.29) is 0 Å². The summed E-state index contributed by atoms with van der Waals surface area (Å²) >= 11 is 0. The molecule has 3 rings (SSSR count). The van der Waals surface area contributed by atoms with E-state index in [0.29, 0.717) is 5.92 Å². The zero-order valence-electron chi connectivity index (χ0n) is 13.5. The molecule has 1 aliphatic rings. The molecular formula is C19H26N2. The van der Waals surface area contributed by atoms with Crippen molar-refractivity contribution in [2.24, 2.45) is 0 Å². The van der Waals surface area contributed by atoms with Gasteiger partial charge in [-0.15, -0.1) is 0 Å². The number of pyridine rings is 1. The van der Waals surface area contributed by atoms with Crippen LogP contribution in [0.1, 0.15) is 61.9 Å². The standard InChI is InChI=1S/C19H26N2/c1-4-11-20-12-17-15-8-6-10-18(15)21-19-14(13(2)3)7-5-9-16(17)19/h5,7,9,13,20H,4,6,8,10-12H2,1-3H3. The van der Waals surface area contributed by atoms with Crippen molar-refractivity contribution < 1.29 is 0 Å². The zero-order chi connectivity index (χ0) is 14.8. The third kappa shape index (κ3) is 2.69. The Morgan fingerprint density at radius 1 is 1.24 bits per heavy atom. The van der Waals surface area contributed by atoms with Crippen molar-refractivity contribution in [3.8, 4) is 0 Å². The Balaban J connectivity index is 2.16. The maximum atomic E-state index is 5.04. The lowest BCUT2D eigenvalue weighted by molar-refractivity contribution is 0.674. The average molecular weight is 282 g/mol. The van der Waals surface area contributed by atoms with E-state index in [1.165, 1.54) is 52.5 Å². The number of rotatable bonds is 5. The summed E-state index contributed by atoms with van der Waals surface area (Å²) in [7, 11) is 0. The average Bonchev–Trinajstić information content (AvgIpc) is 2.94. The van der Waals surface area contributed by atoms with E-state index in [0.717, 1.165) is 19.5 Å². The van der Waals surface area contributed by atoms with Crippen LogP contribution in [0.5, 0.6) is 0 Å². The van der Waals surface area contributed by atoms with Gasteiger partial charge in [-0.2, -0.15) is 0 Å². The fourth-order valence-corrected chi connectivity index (χ4v) is 3.46. The summed E-state index contributed by atoms with van der Waals surface area (Å²) in [6.45, 7) is 8.82. The van der Waals surface area contributed by atoms with Crippen LogP contribution in [0.15, 0.2) is 18.2 Å².